The molecule has 3 aromatic rings. The number of halogens is 2. The van der Waals surface area contributed by atoms with E-state index in [0.29, 0.717) is 21.7 Å². The topological polar surface area (TPSA) is 94.0 Å². The van der Waals surface area contributed by atoms with Gasteiger partial charge in [0.25, 0.3) is 5.91 Å². The molecule has 2 N–H and O–H groups in total. The van der Waals surface area contributed by atoms with Crippen molar-refractivity contribution in [3.63, 3.8) is 0 Å². The van der Waals surface area contributed by atoms with Gasteiger partial charge in [0.1, 0.15) is 11.6 Å². The number of anilines is 2. The number of hydrogen-bond acceptors (Lipinski definition) is 6. The van der Waals surface area contributed by atoms with Gasteiger partial charge in [-0.15, -0.1) is 0 Å². The first-order valence-corrected chi connectivity index (χ1v) is 9.83. The average Bonchev–Trinajstić information content (AvgIpc) is 3.22. The number of carbonyl (C=O) groups excluding carboxylic acids is 1. The highest BCUT2D eigenvalue weighted by atomic mass is 79.9. The fourth-order valence-electron chi connectivity index (χ4n) is 2.63. The van der Waals surface area contributed by atoms with E-state index in [0.717, 1.165) is 12.2 Å². The van der Waals surface area contributed by atoms with Gasteiger partial charge < -0.3 is 15.4 Å². The number of amides is 1. The first kappa shape index (κ1) is 21.4. The number of hydrogen-bond donors (Lipinski definition) is 2. The molecule has 2 aromatic heterocycles. The van der Waals surface area contributed by atoms with Gasteiger partial charge in [-0.1, -0.05) is 12.2 Å². The van der Waals surface area contributed by atoms with Crippen LogP contribution >= 0.6 is 15.9 Å². The number of carbonyl (C=O) groups is 1. The molecular formula is C20H20BrFN6O2. The van der Waals surface area contributed by atoms with Crippen molar-refractivity contribution in [2.45, 2.75) is 13.5 Å². The quantitative estimate of drug-likeness (QED) is 0.539. The van der Waals surface area contributed by atoms with Gasteiger partial charge in [-0.25, -0.2) is 14.4 Å². The summed E-state index contributed by atoms with van der Waals surface area (Å²) in [6.07, 6.45) is 9.92. The number of ether oxygens (including phenoxy) is 1. The normalized spacial score (nSPS) is 11.0. The second-order valence-electron chi connectivity index (χ2n) is 6.13. The maximum absolute atomic E-state index is 14.9. The molecule has 0 fully saturated rings. The third-order valence-electron chi connectivity index (χ3n) is 4.22. The van der Waals surface area contributed by atoms with Gasteiger partial charge in [0.2, 0.25) is 5.95 Å². The Bertz CT molecular complexity index is 1080. The zero-order chi connectivity index (χ0) is 21.7. The Kier molecular flexibility index (Phi) is 6.78. The molecule has 0 aliphatic carbocycles. The monoisotopic (exact) mass is 474 g/mol. The molecule has 0 aliphatic rings. The van der Waals surface area contributed by atoms with Crippen molar-refractivity contribution in [3.05, 3.63) is 57.8 Å². The van der Waals surface area contributed by atoms with E-state index in [1.54, 1.807) is 29.3 Å². The molecule has 0 spiro atoms. The van der Waals surface area contributed by atoms with E-state index >= 15 is 0 Å². The molecule has 156 valence electrons. The Hall–Kier alpha value is -3.27. The summed E-state index contributed by atoms with van der Waals surface area (Å²) >= 11 is 3.33. The lowest BCUT2D eigenvalue weighted by molar-refractivity contribution is 0.0958. The zero-order valence-corrected chi connectivity index (χ0v) is 18.2. The zero-order valence-electron chi connectivity index (χ0n) is 16.6. The summed E-state index contributed by atoms with van der Waals surface area (Å²) in [5.74, 6) is -0.444. The predicted octanol–water partition coefficient (Wildman–Crippen LogP) is 3.88. The van der Waals surface area contributed by atoms with E-state index in [4.69, 9.17) is 4.74 Å². The van der Waals surface area contributed by atoms with Crippen LogP contribution in [0, 0.1) is 5.82 Å². The highest BCUT2D eigenvalue weighted by Gasteiger charge is 2.19. The molecule has 10 heteroatoms. The van der Waals surface area contributed by atoms with Crippen LogP contribution in [-0.2, 0) is 6.54 Å². The SMILES string of the molecule is CCn1cc(Nc2ncc(/C=C/c3c(F)c(C(=O)NC)cc(OC)c3Br)cn2)cn1. The lowest BCUT2D eigenvalue weighted by Gasteiger charge is -2.11. The van der Waals surface area contributed by atoms with Gasteiger partial charge in [0, 0.05) is 43.3 Å². The first-order valence-electron chi connectivity index (χ1n) is 9.04. The van der Waals surface area contributed by atoms with Crippen molar-refractivity contribution in [1.82, 2.24) is 25.1 Å². The molecular weight excluding hydrogens is 455 g/mol. The van der Waals surface area contributed by atoms with E-state index in [9.17, 15) is 9.18 Å². The summed E-state index contributed by atoms with van der Waals surface area (Å²) in [6.45, 7) is 2.76. The molecule has 1 amide bonds. The van der Waals surface area contributed by atoms with Crippen molar-refractivity contribution >= 4 is 45.6 Å². The van der Waals surface area contributed by atoms with Gasteiger partial charge in [-0.05, 0) is 28.9 Å². The minimum atomic E-state index is -0.662. The number of aryl methyl sites for hydroxylation is 1. The Labute approximate surface area is 181 Å². The lowest BCUT2D eigenvalue weighted by atomic mass is 10.1. The van der Waals surface area contributed by atoms with Crippen LogP contribution in [0.5, 0.6) is 5.75 Å². The molecule has 8 nitrogen and oxygen atoms in total. The Balaban J connectivity index is 1.83. The standard InChI is InChI=1S/C20H20BrFN6O2/c1-4-28-11-13(10-26-28)27-20-24-8-12(9-25-20)5-6-14-17(21)16(30-3)7-15(18(14)22)19(29)23-2/h5-11H,4H2,1-3H3,(H,23,29)(H,24,25,27)/b6-5+. The number of nitrogens with one attached hydrogen (secondary N) is 2. The van der Waals surface area contributed by atoms with Crippen LogP contribution in [0.1, 0.15) is 28.4 Å². The van der Waals surface area contributed by atoms with Gasteiger partial charge in [-0.3, -0.25) is 9.48 Å². The average molecular weight is 475 g/mol. The van der Waals surface area contributed by atoms with Crippen LogP contribution in [0.4, 0.5) is 16.0 Å². The Morgan fingerprint density at radius 3 is 2.63 bits per heavy atom. The fraction of sp³-hybridized carbons (Fsp3) is 0.200. The lowest BCUT2D eigenvalue weighted by Crippen LogP contribution is -2.20. The second-order valence-corrected chi connectivity index (χ2v) is 6.92. The number of rotatable bonds is 7. The van der Waals surface area contributed by atoms with Gasteiger partial charge in [0.15, 0.2) is 0 Å². The smallest absolute Gasteiger partial charge is 0.254 e. The maximum Gasteiger partial charge on any atom is 0.254 e. The second kappa shape index (κ2) is 9.49. The number of methoxy groups -OCH3 is 1. The van der Waals surface area contributed by atoms with Crippen LogP contribution < -0.4 is 15.4 Å². The van der Waals surface area contributed by atoms with E-state index in [2.05, 4.69) is 41.6 Å². The van der Waals surface area contributed by atoms with E-state index in [1.165, 1.54) is 26.3 Å². The van der Waals surface area contributed by atoms with Gasteiger partial charge in [0.05, 0.1) is 29.0 Å². The van der Waals surface area contributed by atoms with Crippen molar-refractivity contribution in [2.24, 2.45) is 0 Å². The van der Waals surface area contributed by atoms with Gasteiger partial charge in [-0.2, -0.15) is 5.10 Å². The predicted molar refractivity (Wildman–Crippen MR) is 116 cm³/mol. The minimum Gasteiger partial charge on any atom is -0.496 e. The number of nitrogens with zero attached hydrogens (tertiary/aromatic N) is 4. The third kappa shape index (κ3) is 4.65. The van der Waals surface area contributed by atoms with Crippen LogP contribution in [0.25, 0.3) is 12.2 Å². The van der Waals surface area contributed by atoms with Crippen molar-refractivity contribution in [1.29, 1.82) is 0 Å². The Morgan fingerprint density at radius 1 is 1.30 bits per heavy atom. The summed E-state index contributed by atoms with van der Waals surface area (Å²) in [6, 6.07) is 1.35. The summed E-state index contributed by atoms with van der Waals surface area (Å²) in [7, 11) is 2.88. The van der Waals surface area contributed by atoms with Crippen molar-refractivity contribution < 1.29 is 13.9 Å². The van der Waals surface area contributed by atoms with Crippen molar-refractivity contribution in [3.8, 4) is 5.75 Å². The highest BCUT2D eigenvalue weighted by molar-refractivity contribution is 9.10. The van der Waals surface area contributed by atoms with Crippen LogP contribution in [0.3, 0.4) is 0 Å². The summed E-state index contributed by atoms with van der Waals surface area (Å²) in [4.78, 5) is 20.5. The molecule has 0 aliphatic heterocycles. The van der Waals surface area contributed by atoms with Crippen molar-refractivity contribution in [2.75, 3.05) is 19.5 Å². The van der Waals surface area contributed by atoms with E-state index in [-0.39, 0.29) is 11.1 Å². The summed E-state index contributed by atoms with van der Waals surface area (Å²) in [5.41, 5.74) is 1.51. The molecule has 1 aromatic carbocycles. The van der Waals surface area contributed by atoms with Crippen LogP contribution in [0.15, 0.2) is 35.3 Å². The maximum atomic E-state index is 14.9. The third-order valence-corrected chi connectivity index (χ3v) is 5.04. The molecule has 0 bridgehead atoms. The largest absolute Gasteiger partial charge is 0.496 e. The first-order chi connectivity index (χ1) is 14.5. The van der Waals surface area contributed by atoms with Crippen LogP contribution in [0.2, 0.25) is 0 Å². The molecule has 0 radical (unpaired) electrons. The molecule has 0 unspecified atom stereocenters. The van der Waals surface area contributed by atoms with E-state index < -0.39 is 11.7 Å². The van der Waals surface area contributed by atoms with Gasteiger partial charge >= 0.3 is 0 Å². The van der Waals surface area contributed by atoms with Crippen LogP contribution in [-0.4, -0.2) is 39.8 Å². The highest BCUT2D eigenvalue weighted by Crippen LogP contribution is 2.34. The summed E-state index contributed by atoms with van der Waals surface area (Å²) in [5, 5.41) is 9.66. The molecule has 3 rings (SSSR count). The van der Waals surface area contributed by atoms with E-state index in [1.807, 2.05) is 13.1 Å². The number of benzene rings is 1. The molecule has 0 saturated carbocycles. The molecule has 30 heavy (non-hydrogen) atoms. The number of aromatic nitrogens is 4. The fourth-order valence-corrected chi connectivity index (χ4v) is 3.21. The summed E-state index contributed by atoms with van der Waals surface area (Å²) < 4.78 is 22.3. The minimum absolute atomic E-state index is 0.111. The Morgan fingerprint density at radius 2 is 2.03 bits per heavy atom. The molecule has 2 heterocycles. The molecule has 0 atom stereocenters. The molecule has 0 saturated heterocycles.